The number of phenols is 2. The van der Waals surface area contributed by atoms with Gasteiger partial charge in [0.15, 0.2) is 11.5 Å². The number of halogens is 2. The van der Waals surface area contributed by atoms with Crippen LogP contribution in [0, 0.1) is 6.92 Å². The topological polar surface area (TPSA) is 69.9 Å². The minimum atomic E-state index is -0.328. The monoisotopic (exact) mass is 467 g/mol. The number of carbonyl (C=O) groups is 1. The lowest BCUT2D eigenvalue weighted by atomic mass is 10.2. The highest BCUT2D eigenvalue weighted by molar-refractivity contribution is 9.11. The van der Waals surface area contributed by atoms with Crippen LogP contribution in [0.5, 0.6) is 11.5 Å². The van der Waals surface area contributed by atoms with Crippen molar-refractivity contribution in [2.24, 2.45) is 4.99 Å². The predicted molar refractivity (Wildman–Crippen MR) is 103 cm³/mol. The van der Waals surface area contributed by atoms with E-state index >= 15 is 0 Å². The van der Waals surface area contributed by atoms with E-state index in [1.807, 2.05) is 31.2 Å². The molecule has 0 aromatic heterocycles. The molecule has 1 heterocycles. The molecule has 2 N–H and O–H groups in total. The molecule has 24 heavy (non-hydrogen) atoms. The number of phenolic OH excluding ortho intramolecular Hbond substituents is 2. The van der Waals surface area contributed by atoms with Gasteiger partial charge in [-0.25, -0.2) is 4.99 Å². The van der Waals surface area contributed by atoms with Crippen LogP contribution in [0.2, 0.25) is 0 Å². The van der Waals surface area contributed by atoms with Crippen molar-refractivity contribution in [2.45, 2.75) is 6.92 Å². The van der Waals surface area contributed by atoms with Crippen molar-refractivity contribution in [1.82, 2.24) is 0 Å². The van der Waals surface area contributed by atoms with Gasteiger partial charge < -0.3 is 10.2 Å². The summed E-state index contributed by atoms with van der Waals surface area (Å²) in [5.74, 6) is -0.872. The first-order chi connectivity index (χ1) is 11.4. The van der Waals surface area contributed by atoms with E-state index in [9.17, 15) is 15.0 Å². The third kappa shape index (κ3) is 3.29. The maximum absolute atomic E-state index is 12.2. The molecule has 0 unspecified atom stereocenters. The van der Waals surface area contributed by atoms with E-state index < -0.39 is 0 Å². The maximum atomic E-state index is 12.2. The van der Waals surface area contributed by atoms with Gasteiger partial charge in [0.05, 0.1) is 13.9 Å². The molecule has 4 nitrogen and oxygen atoms in total. The van der Waals surface area contributed by atoms with Crippen molar-refractivity contribution in [3.63, 3.8) is 0 Å². The summed E-state index contributed by atoms with van der Waals surface area (Å²) in [5.41, 5.74) is 2.59. The van der Waals surface area contributed by atoms with E-state index in [4.69, 9.17) is 0 Å². The van der Waals surface area contributed by atoms with E-state index in [1.165, 1.54) is 11.8 Å². The predicted octanol–water partition coefficient (Wildman–Crippen LogP) is 4.99. The van der Waals surface area contributed by atoms with Crippen molar-refractivity contribution < 1.29 is 15.0 Å². The highest BCUT2D eigenvalue weighted by Gasteiger charge is 2.24. The molecule has 0 radical (unpaired) electrons. The van der Waals surface area contributed by atoms with Crippen LogP contribution in [0.1, 0.15) is 16.7 Å². The molecule has 1 amide bonds. The molecular formula is C17H11Br2NO3S. The van der Waals surface area contributed by atoms with Gasteiger partial charge in [-0.1, -0.05) is 41.6 Å². The summed E-state index contributed by atoms with van der Waals surface area (Å²) in [7, 11) is 0. The molecule has 0 bridgehead atoms. The molecule has 0 saturated carbocycles. The van der Waals surface area contributed by atoms with Crippen LogP contribution >= 0.6 is 43.6 Å². The average Bonchev–Trinajstić information content (AvgIpc) is 2.92. The SMILES string of the molecule is Cc1ccc(C2=NC(=O)/C(=C\c3cc(Br)c(O)c(O)c3Br)S2)cc1. The van der Waals surface area contributed by atoms with Gasteiger partial charge >= 0.3 is 0 Å². The van der Waals surface area contributed by atoms with Gasteiger partial charge in [0.1, 0.15) is 5.04 Å². The Morgan fingerprint density at radius 2 is 1.79 bits per heavy atom. The minimum absolute atomic E-state index is 0.258. The molecule has 0 atom stereocenters. The molecule has 3 rings (SSSR count). The average molecular weight is 469 g/mol. The van der Waals surface area contributed by atoms with E-state index in [0.717, 1.165) is 11.1 Å². The van der Waals surface area contributed by atoms with Gasteiger partial charge in [-0.3, -0.25) is 4.79 Å². The molecular weight excluding hydrogens is 458 g/mol. The van der Waals surface area contributed by atoms with Crippen molar-refractivity contribution in [1.29, 1.82) is 0 Å². The Labute approximate surface area is 159 Å². The number of nitrogens with zero attached hydrogens (tertiary/aromatic N) is 1. The molecule has 0 saturated heterocycles. The molecule has 2 aromatic rings. The Balaban J connectivity index is 1.94. The second kappa shape index (κ2) is 6.74. The molecule has 122 valence electrons. The zero-order valence-corrected chi connectivity index (χ0v) is 16.4. The molecule has 1 aliphatic rings. The fraction of sp³-hybridized carbons (Fsp3) is 0.0588. The highest BCUT2D eigenvalue weighted by atomic mass is 79.9. The van der Waals surface area contributed by atoms with Gasteiger partial charge in [0, 0.05) is 5.56 Å². The van der Waals surface area contributed by atoms with Gasteiger partial charge in [-0.2, -0.15) is 0 Å². The number of aromatic hydroxyl groups is 2. The number of aliphatic imine (C=N–C) groups is 1. The number of benzene rings is 2. The molecule has 7 heteroatoms. The molecule has 0 fully saturated rings. The number of amides is 1. The number of rotatable bonds is 2. The van der Waals surface area contributed by atoms with Crippen LogP contribution < -0.4 is 0 Å². The Morgan fingerprint density at radius 1 is 1.12 bits per heavy atom. The van der Waals surface area contributed by atoms with E-state index in [2.05, 4.69) is 36.9 Å². The highest BCUT2D eigenvalue weighted by Crippen LogP contribution is 2.43. The van der Waals surface area contributed by atoms with Gasteiger partial charge in [-0.05, 0) is 56.5 Å². The van der Waals surface area contributed by atoms with E-state index in [1.54, 1.807) is 12.1 Å². The Morgan fingerprint density at radius 3 is 2.46 bits per heavy atom. The third-order valence-corrected chi connectivity index (χ3v) is 5.87. The summed E-state index contributed by atoms with van der Waals surface area (Å²) in [4.78, 5) is 16.7. The smallest absolute Gasteiger partial charge is 0.284 e. The van der Waals surface area contributed by atoms with Crippen molar-refractivity contribution in [2.75, 3.05) is 0 Å². The fourth-order valence-electron chi connectivity index (χ4n) is 2.10. The first-order valence-electron chi connectivity index (χ1n) is 6.86. The van der Waals surface area contributed by atoms with Crippen LogP contribution in [0.25, 0.3) is 6.08 Å². The summed E-state index contributed by atoms with van der Waals surface area (Å²) in [6, 6.07) is 9.41. The summed E-state index contributed by atoms with van der Waals surface area (Å²) in [6.45, 7) is 2.00. The maximum Gasteiger partial charge on any atom is 0.284 e. The molecule has 0 spiro atoms. The number of thioether (sulfide) groups is 1. The second-order valence-electron chi connectivity index (χ2n) is 5.16. The standard InChI is InChI=1S/C17H11Br2NO3S/c1-8-2-4-9(5-3-8)17-20-16(23)12(24-17)7-10-6-11(18)14(21)15(22)13(10)19/h2-7,21-22H,1H3/b12-7+. The Kier molecular flexibility index (Phi) is 4.85. The largest absolute Gasteiger partial charge is 0.503 e. The van der Waals surface area contributed by atoms with Crippen LogP contribution in [-0.4, -0.2) is 21.2 Å². The normalized spacial score (nSPS) is 15.9. The van der Waals surface area contributed by atoms with Crippen LogP contribution in [0.15, 0.2) is 49.2 Å². The summed E-state index contributed by atoms with van der Waals surface area (Å²) >= 11 is 7.68. The van der Waals surface area contributed by atoms with Crippen LogP contribution in [0.4, 0.5) is 0 Å². The zero-order valence-electron chi connectivity index (χ0n) is 12.4. The number of hydrogen-bond donors (Lipinski definition) is 2. The lowest BCUT2D eigenvalue weighted by Gasteiger charge is -2.07. The van der Waals surface area contributed by atoms with Gasteiger partial charge in [-0.15, -0.1) is 0 Å². The van der Waals surface area contributed by atoms with Gasteiger partial charge in [0.25, 0.3) is 5.91 Å². The van der Waals surface area contributed by atoms with Crippen molar-refractivity contribution >= 4 is 60.6 Å². The Bertz CT molecular complexity index is 905. The quantitative estimate of drug-likeness (QED) is 0.481. The molecule has 1 aliphatic heterocycles. The van der Waals surface area contributed by atoms with Gasteiger partial charge in [0.2, 0.25) is 0 Å². The first kappa shape index (κ1) is 17.3. The fourth-order valence-corrected chi connectivity index (χ4v) is 3.86. The van der Waals surface area contributed by atoms with E-state index in [0.29, 0.717) is 24.5 Å². The second-order valence-corrected chi connectivity index (χ2v) is 7.84. The van der Waals surface area contributed by atoms with Crippen molar-refractivity contribution in [3.8, 4) is 11.5 Å². The Hall–Kier alpha value is -1.57. The van der Waals surface area contributed by atoms with Crippen LogP contribution in [0.3, 0.4) is 0 Å². The minimum Gasteiger partial charge on any atom is -0.503 e. The summed E-state index contributed by atoms with van der Waals surface area (Å²) in [6.07, 6.45) is 1.63. The summed E-state index contributed by atoms with van der Waals surface area (Å²) in [5, 5.41) is 20.2. The number of hydrogen-bond acceptors (Lipinski definition) is 4. The zero-order chi connectivity index (χ0) is 17.4. The van der Waals surface area contributed by atoms with E-state index in [-0.39, 0.29) is 17.4 Å². The molecule has 0 aliphatic carbocycles. The summed E-state index contributed by atoms with van der Waals surface area (Å²) < 4.78 is 0.651. The number of aryl methyl sites for hydroxylation is 1. The lowest BCUT2D eigenvalue weighted by molar-refractivity contribution is -0.113. The number of carbonyl (C=O) groups excluding carboxylic acids is 1. The molecule has 2 aromatic carbocycles. The lowest BCUT2D eigenvalue weighted by Crippen LogP contribution is -1.90. The first-order valence-corrected chi connectivity index (χ1v) is 9.26. The van der Waals surface area contributed by atoms with Crippen molar-refractivity contribution in [3.05, 3.63) is 60.9 Å². The van der Waals surface area contributed by atoms with Crippen LogP contribution in [-0.2, 0) is 4.79 Å². The third-order valence-electron chi connectivity index (χ3n) is 3.40.